The maximum Gasteiger partial charge on any atom is 0.317 e. The molecule has 92 valence electrons. The van der Waals surface area contributed by atoms with E-state index < -0.39 is 11.0 Å². The van der Waals surface area contributed by atoms with Crippen LogP contribution in [0.4, 0.5) is 0 Å². The number of aliphatic hydroxyl groups is 1. The molecule has 2 rings (SSSR count). The molecule has 2 fully saturated rings. The van der Waals surface area contributed by atoms with E-state index in [1.807, 2.05) is 13.8 Å². The van der Waals surface area contributed by atoms with E-state index >= 15 is 0 Å². The molecule has 0 aromatic carbocycles. The van der Waals surface area contributed by atoms with Crippen LogP contribution in [0.1, 0.15) is 20.3 Å². The van der Waals surface area contributed by atoms with Gasteiger partial charge in [0, 0.05) is 19.5 Å². The Morgan fingerprint density at radius 1 is 1.44 bits per heavy atom. The second-order valence-corrected chi connectivity index (χ2v) is 5.43. The summed E-state index contributed by atoms with van der Waals surface area (Å²) < 4.78 is 10.4. The van der Waals surface area contributed by atoms with E-state index in [0.717, 1.165) is 0 Å². The molecule has 5 heteroatoms. The van der Waals surface area contributed by atoms with Crippen molar-refractivity contribution in [2.45, 2.75) is 31.5 Å². The zero-order chi connectivity index (χ0) is 12.0. The molecule has 0 bridgehead atoms. The molecule has 0 spiro atoms. The fraction of sp³-hybridized carbons (Fsp3) is 0.909. The summed E-state index contributed by atoms with van der Waals surface area (Å²) in [5.41, 5.74) is -2.34. The Labute approximate surface area is 95.1 Å². The Hall–Kier alpha value is -0.650. The van der Waals surface area contributed by atoms with Gasteiger partial charge in [0.25, 0.3) is 0 Å². The van der Waals surface area contributed by atoms with Gasteiger partial charge in [-0.15, -0.1) is 0 Å². The van der Waals surface area contributed by atoms with Crippen molar-refractivity contribution < 1.29 is 19.4 Å². The number of nitrogens with one attached hydrogen (secondary N) is 1. The Balaban J connectivity index is 2.25. The summed E-state index contributed by atoms with van der Waals surface area (Å²) in [6.07, 6.45) is 0.455. The molecule has 2 saturated heterocycles. The second-order valence-electron chi connectivity index (χ2n) is 5.43. The topological polar surface area (TPSA) is 67.8 Å². The molecule has 0 aromatic heterocycles. The third-order valence-electron chi connectivity index (χ3n) is 3.74. The molecule has 2 aliphatic rings. The molecule has 0 aliphatic carbocycles. The summed E-state index contributed by atoms with van der Waals surface area (Å²) in [5.74, 6) is -0.352. The van der Waals surface area contributed by atoms with Gasteiger partial charge in [0.1, 0.15) is 11.0 Å². The van der Waals surface area contributed by atoms with E-state index in [2.05, 4.69) is 5.32 Å². The first-order valence-electron chi connectivity index (χ1n) is 5.51. The standard InChI is InChI=1S/C11H19NO4/c1-9(2)4-11(14,7-16-9)10(5-12-6-10)8(13)15-3/h12,14H,4-7H2,1-3H3. The SMILES string of the molecule is COC(=O)C1(C2(O)COC(C)(C)C2)CNC1. The summed E-state index contributed by atoms with van der Waals surface area (Å²) in [4.78, 5) is 11.8. The predicted molar refractivity (Wildman–Crippen MR) is 56.9 cm³/mol. The van der Waals surface area contributed by atoms with Gasteiger partial charge in [-0.05, 0) is 13.8 Å². The highest BCUT2D eigenvalue weighted by atomic mass is 16.5. The number of rotatable bonds is 2. The highest BCUT2D eigenvalue weighted by molar-refractivity contribution is 5.80. The third kappa shape index (κ3) is 1.46. The van der Waals surface area contributed by atoms with Gasteiger partial charge in [0.05, 0.1) is 19.3 Å². The summed E-state index contributed by atoms with van der Waals surface area (Å²) in [7, 11) is 1.35. The summed E-state index contributed by atoms with van der Waals surface area (Å²) in [5, 5.41) is 13.7. The monoisotopic (exact) mass is 229 g/mol. The van der Waals surface area contributed by atoms with Gasteiger partial charge in [-0.3, -0.25) is 4.79 Å². The number of methoxy groups -OCH3 is 1. The lowest BCUT2D eigenvalue weighted by molar-refractivity contribution is -0.181. The molecule has 2 aliphatic heterocycles. The van der Waals surface area contributed by atoms with Crippen LogP contribution in [0, 0.1) is 5.41 Å². The van der Waals surface area contributed by atoms with E-state index in [-0.39, 0.29) is 18.2 Å². The average molecular weight is 229 g/mol. The highest BCUT2D eigenvalue weighted by Crippen LogP contribution is 2.46. The molecule has 1 atom stereocenters. The van der Waals surface area contributed by atoms with Gasteiger partial charge in [-0.2, -0.15) is 0 Å². The fourth-order valence-corrected chi connectivity index (χ4v) is 2.66. The summed E-state index contributed by atoms with van der Waals surface area (Å²) in [6.45, 7) is 4.94. The molecule has 0 amide bonds. The van der Waals surface area contributed by atoms with Crippen LogP contribution in [-0.2, 0) is 14.3 Å². The number of esters is 1. The quantitative estimate of drug-likeness (QED) is 0.635. The first-order valence-corrected chi connectivity index (χ1v) is 5.51. The average Bonchev–Trinajstić information content (AvgIpc) is 2.39. The van der Waals surface area contributed by atoms with Gasteiger partial charge < -0.3 is 19.9 Å². The maximum absolute atomic E-state index is 11.8. The van der Waals surface area contributed by atoms with Crippen molar-refractivity contribution in [1.29, 1.82) is 0 Å². The zero-order valence-corrected chi connectivity index (χ0v) is 10.0. The molecule has 16 heavy (non-hydrogen) atoms. The first kappa shape index (κ1) is 11.8. The van der Waals surface area contributed by atoms with Crippen molar-refractivity contribution in [1.82, 2.24) is 5.32 Å². The van der Waals surface area contributed by atoms with Crippen molar-refractivity contribution in [2.75, 3.05) is 26.8 Å². The first-order chi connectivity index (χ1) is 7.35. The van der Waals surface area contributed by atoms with Crippen LogP contribution in [0.5, 0.6) is 0 Å². The zero-order valence-electron chi connectivity index (χ0n) is 10.0. The van der Waals surface area contributed by atoms with Crippen LogP contribution in [0.15, 0.2) is 0 Å². The third-order valence-corrected chi connectivity index (χ3v) is 3.74. The van der Waals surface area contributed by atoms with Gasteiger partial charge in [-0.1, -0.05) is 0 Å². The van der Waals surface area contributed by atoms with Crippen LogP contribution in [0.3, 0.4) is 0 Å². The molecular formula is C11H19NO4. The molecule has 5 nitrogen and oxygen atoms in total. The van der Waals surface area contributed by atoms with E-state index in [1.165, 1.54) is 7.11 Å². The van der Waals surface area contributed by atoms with Crippen LogP contribution >= 0.6 is 0 Å². The summed E-state index contributed by atoms with van der Waals surface area (Å²) >= 11 is 0. The lowest BCUT2D eigenvalue weighted by Gasteiger charge is -2.48. The predicted octanol–water partition coefficient (Wildman–Crippen LogP) is -0.321. The molecule has 0 radical (unpaired) electrons. The minimum atomic E-state index is -1.12. The molecular weight excluding hydrogens is 210 g/mol. The Morgan fingerprint density at radius 2 is 2.06 bits per heavy atom. The van der Waals surface area contributed by atoms with Crippen molar-refractivity contribution in [3.05, 3.63) is 0 Å². The van der Waals surface area contributed by atoms with Gasteiger partial charge >= 0.3 is 5.97 Å². The number of carbonyl (C=O) groups excluding carboxylic acids is 1. The van der Waals surface area contributed by atoms with Crippen molar-refractivity contribution in [2.24, 2.45) is 5.41 Å². The molecule has 0 saturated carbocycles. The number of carbonyl (C=O) groups is 1. The van der Waals surface area contributed by atoms with E-state index in [4.69, 9.17) is 9.47 Å². The van der Waals surface area contributed by atoms with Gasteiger partial charge in [0.2, 0.25) is 0 Å². The molecule has 2 heterocycles. The van der Waals surface area contributed by atoms with E-state index in [9.17, 15) is 9.90 Å². The number of hydrogen-bond acceptors (Lipinski definition) is 5. The molecule has 2 N–H and O–H groups in total. The van der Waals surface area contributed by atoms with Crippen molar-refractivity contribution >= 4 is 5.97 Å². The lowest BCUT2D eigenvalue weighted by atomic mass is 9.65. The van der Waals surface area contributed by atoms with Crippen LogP contribution < -0.4 is 5.32 Å². The van der Waals surface area contributed by atoms with Gasteiger partial charge in [-0.25, -0.2) is 0 Å². The summed E-state index contributed by atoms with van der Waals surface area (Å²) in [6, 6.07) is 0. The molecule has 1 unspecified atom stereocenters. The van der Waals surface area contributed by atoms with E-state index in [0.29, 0.717) is 19.5 Å². The Bertz CT molecular complexity index is 311. The minimum absolute atomic E-state index is 0.191. The smallest absolute Gasteiger partial charge is 0.317 e. The largest absolute Gasteiger partial charge is 0.468 e. The normalized spacial score (nSPS) is 35.5. The maximum atomic E-state index is 11.8. The van der Waals surface area contributed by atoms with E-state index in [1.54, 1.807) is 0 Å². The van der Waals surface area contributed by atoms with Crippen LogP contribution in [-0.4, -0.2) is 49.1 Å². The second kappa shape index (κ2) is 3.42. The lowest BCUT2D eigenvalue weighted by Crippen LogP contribution is -2.70. The number of ether oxygens (including phenoxy) is 2. The fourth-order valence-electron chi connectivity index (χ4n) is 2.66. The van der Waals surface area contributed by atoms with Crippen molar-refractivity contribution in [3.8, 4) is 0 Å². The minimum Gasteiger partial charge on any atom is -0.468 e. The molecule has 0 aromatic rings. The Kier molecular flexibility index (Phi) is 2.53. The highest BCUT2D eigenvalue weighted by Gasteiger charge is 2.64. The Morgan fingerprint density at radius 3 is 2.38 bits per heavy atom. The van der Waals surface area contributed by atoms with Crippen LogP contribution in [0.25, 0.3) is 0 Å². The van der Waals surface area contributed by atoms with Crippen molar-refractivity contribution in [3.63, 3.8) is 0 Å². The number of hydrogen-bond donors (Lipinski definition) is 2. The van der Waals surface area contributed by atoms with Crippen LogP contribution in [0.2, 0.25) is 0 Å². The van der Waals surface area contributed by atoms with Gasteiger partial charge in [0.15, 0.2) is 0 Å².